The summed E-state index contributed by atoms with van der Waals surface area (Å²) in [6, 6.07) is 7.68. The number of morpholine rings is 1. The summed E-state index contributed by atoms with van der Waals surface area (Å²) >= 11 is 0. The van der Waals surface area contributed by atoms with Gasteiger partial charge in [0, 0.05) is 32.7 Å². The molecule has 25 heavy (non-hydrogen) atoms. The smallest absolute Gasteiger partial charge is 0.242 e. The molecule has 1 aromatic carbocycles. The van der Waals surface area contributed by atoms with Gasteiger partial charge in [-0.25, -0.2) is 0 Å². The minimum atomic E-state index is -0.0892. The molecule has 2 aliphatic heterocycles. The second-order valence-electron chi connectivity index (χ2n) is 6.38. The molecule has 1 aromatic rings. The van der Waals surface area contributed by atoms with Crippen LogP contribution in [0.2, 0.25) is 0 Å². The van der Waals surface area contributed by atoms with Gasteiger partial charge in [-0.1, -0.05) is 12.1 Å². The number of amides is 2. The average molecular weight is 347 g/mol. The van der Waals surface area contributed by atoms with Crippen LogP contribution in [0, 0.1) is 0 Å². The van der Waals surface area contributed by atoms with Crippen LogP contribution in [0.5, 0.6) is 5.75 Å². The van der Waals surface area contributed by atoms with E-state index < -0.39 is 0 Å². The third-order valence-corrected chi connectivity index (χ3v) is 4.61. The molecule has 0 saturated carbocycles. The van der Waals surface area contributed by atoms with Gasteiger partial charge in [0.05, 0.1) is 32.8 Å². The maximum atomic E-state index is 12.4. The van der Waals surface area contributed by atoms with Gasteiger partial charge in [0.1, 0.15) is 5.75 Å². The van der Waals surface area contributed by atoms with E-state index in [4.69, 9.17) is 9.47 Å². The topological polar surface area (TPSA) is 71.1 Å². The van der Waals surface area contributed by atoms with Crippen LogP contribution in [0.4, 0.5) is 0 Å². The lowest BCUT2D eigenvalue weighted by Crippen LogP contribution is -2.53. The van der Waals surface area contributed by atoms with E-state index in [1.807, 2.05) is 24.3 Å². The number of hydrogen-bond acceptors (Lipinski definition) is 5. The van der Waals surface area contributed by atoms with Crippen molar-refractivity contribution in [3.8, 4) is 5.75 Å². The Morgan fingerprint density at radius 2 is 2.12 bits per heavy atom. The van der Waals surface area contributed by atoms with Gasteiger partial charge >= 0.3 is 0 Å². The predicted molar refractivity (Wildman–Crippen MR) is 92.2 cm³/mol. The Labute approximate surface area is 147 Å². The van der Waals surface area contributed by atoms with Crippen molar-refractivity contribution in [1.82, 2.24) is 15.1 Å². The number of carbonyl (C=O) groups excluding carboxylic acids is 2. The average Bonchev–Trinajstić information content (AvgIpc) is 2.65. The molecule has 2 aliphatic rings. The molecule has 0 aliphatic carbocycles. The fourth-order valence-corrected chi connectivity index (χ4v) is 3.11. The minimum absolute atomic E-state index is 0.00820. The highest BCUT2D eigenvalue weighted by Crippen LogP contribution is 2.15. The van der Waals surface area contributed by atoms with E-state index >= 15 is 0 Å². The maximum Gasteiger partial charge on any atom is 0.242 e. The zero-order valence-electron chi connectivity index (χ0n) is 14.6. The third-order valence-electron chi connectivity index (χ3n) is 4.61. The van der Waals surface area contributed by atoms with Crippen LogP contribution >= 0.6 is 0 Å². The summed E-state index contributed by atoms with van der Waals surface area (Å²) in [5.41, 5.74) is 1.05. The Kier molecular flexibility index (Phi) is 5.88. The molecular weight excluding hydrogens is 322 g/mol. The van der Waals surface area contributed by atoms with Crippen LogP contribution in [-0.4, -0.2) is 74.2 Å². The normalized spacial score (nSPS) is 21.3. The van der Waals surface area contributed by atoms with Crippen LogP contribution < -0.4 is 10.1 Å². The number of hydrogen-bond donors (Lipinski definition) is 1. The lowest BCUT2D eigenvalue weighted by Gasteiger charge is -2.35. The summed E-state index contributed by atoms with van der Waals surface area (Å²) < 4.78 is 10.7. The molecule has 2 amide bonds. The molecule has 2 heterocycles. The van der Waals surface area contributed by atoms with Crippen molar-refractivity contribution in [2.24, 2.45) is 0 Å². The van der Waals surface area contributed by atoms with Gasteiger partial charge in [-0.3, -0.25) is 9.59 Å². The summed E-state index contributed by atoms with van der Waals surface area (Å²) in [6.45, 7) is 3.98. The zero-order valence-corrected chi connectivity index (χ0v) is 14.6. The number of ether oxygens (including phenoxy) is 2. The number of piperazine rings is 1. The molecule has 136 valence electrons. The van der Waals surface area contributed by atoms with Crippen molar-refractivity contribution in [3.63, 3.8) is 0 Å². The highest BCUT2D eigenvalue weighted by atomic mass is 16.5. The van der Waals surface area contributed by atoms with E-state index in [0.717, 1.165) is 17.9 Å². The van der Waals surface area contributed by atoms with Crippen molar-refractivity contribution in [3.05, 3.63) is 29.8 Å². The van der Waals surface area contributed by atoms with Crippen LogP contribution in [0.3, 0.4) is 0 Å². The predicted octanol–water partition coefficient (Wildman–Crippen LogP) is 0.245. The van der Waals surface area contributed by atoms with Gasteiger partial charge < -0.3 is 24.6 Å². The number of nitrogens with zero attached hydrogens (tertiary/aromatic N) is 2. The Morgan fingerprint density at radius 1 is 1.32 bits per heavy atom. The Bertz CT molecular complexity index is 599. The fraction of sp³-hybridized carbons (Fsp3) is 0.556. The van der Waals surface area contributed by atoms with Gasteiger partial charge in [0.15, 0.2) is 0 Å². The van der Waals surface area contributed by atoms with E-state index in [9.17, 15) is 9.59 Å². The standard InChI is InChI=1S/C18H25N3O4/c1-24-15-4-2-14(3-5-15)12-20-7-8-21(13-18(20)23)17(22)10-16-11-19-6-9-25-16/h2-5,16,19H,6-13H2,1H3/t16-/m0/s1. The zero-order chi connectivity index (χ0) is 17.6. The van der Waals surface area contributed by atoms with Crippen LogP contribution in [-0.2, 0) is 20.9 Å². The molecular formula is C18H25N3O4. The SMILES string of the molecule is COc1ccc(CN2CCN(C(=O)C[C@H]3CNCCO3)CC2=O)cc1. The lowest BCUT2D eigenvalue weighted by atomic mass is 10.1. The van der Waals surface area contributed by atoms with Gasteiger partial charge in [-0.05, 0) is 17.7 Å². The van der Waals surface area contributed by atoms with Crippen LogP contribution in [0.1, 0.15) is 12.0 Å². The molecule has 0 bridgehead atoms. The first-order chi connectivity index (χ1) is 12.2. The van der Waals surface area contributed by atoms with Crippen LogP contribution in [0.15, 0.2) is 24.3 Å². The summed E-state index contributed by atoms with van der Waals surface area (Å²) in [6.07, 6.45) is 0.243. The highest BCUT2D eigenvalue weighted by Gasteiger charge is 2.29. The third kappa shape index (κ3) is 4.70. The van der Waals surface area contributed by atoms with Gasteiger partial charge in [0.2, 0.25) is 11.8 Å². The van der Waals surface area contributed by atoms with Crippen molar-refractivity contribution in [1.29, 1.82) is 0 Å². The van der Waals surface area contributed by atoms with E-state index in [2.05, 4.69) is 5.32 Å². The lowest BCUT2D eigenvalue weighted by molar-refractivity contribution is -0.147. The fourth-order valence-electron chi connectivity index (χ4n) is 3.11. The second kappa shape index (κ2) is 8.31. The number of benzene rings is 1. The van der Waals surface area contributed by atoms with Gasteiger partial charge in [-0.2, -0.15) is 0 Å². The summed E-state index contributed by atoms with van der Waals surface area (Å²) in [5.74, 6) is 0.772. The van der Waals surface area contributed by atoms with E-state index in [1.165, 1.54) is 0 Å². The minimum Gasteiger partial charge on any atom is -0.497 e. The first-order valence-electron chi connectivity index (χ1n) is 8.66. The number of carbonyl (C=O) groups is 2. The van der Waals surface area contributed by atoms with Crippen molar-refractivity contribution < 1.29 is 19.1 Å². The van der Waals surface area contributed by atoms with Crippen molar-refractivity contribution in [2.45, 2.75) is 19.1 Å². The molecule has 7 heteroatoms. The van der Waals surface area contributed by atoms with Crippen molar-refractivity contribution in [2.75, 3.05) is 46.4 Å². The Balaban J connectivity index is 1.49. The number of rotatable bonds is 5. The second-order valence-corrected chi connectivity index (χ2v) is 6.38. The van der Waals surface area contributed by atoms with Gasteiger partial charge in [-0.15, -0.1) is 0 Å². The number of methoxy groups -OCH3 is 1. The summed E-state index contributed by atoms with van der Waals surface area (Å²) in [5, 5.41) is 3.21. The maximum absolute atomic E-state index is 12.4. The number of nitrogens with one attached hydrogen (secondary N) is 1. The summed E-state index contributed by atoms with van der Waals surface area (Å²) in [7, 11) is 1.63. The quantitative estimate of drug-likeness (QED) is 0.826. The molecule has 0 aromatic heterocycles. The van der Waals surface area contributed by atoms with E-state index in [-0.39, 0.29) is 24.5 Å². The van der Waals surface area contributed by atoms with E-state index in [1.54, 1.807) is 16.9 Å². The molecule has 2 saturated heterocycles. The molecule has 3 rings (SSSR count). The molecule has 0 spiro atoms. The molecule has 1 N–H and O–H groups in total. The van der Waals surface area contributed by atoms with Gasteiger partial charge in [0.25, 0.3) is 0 Å². The monoisotopic (exact) mass is 347 g/mol. The molecule has 1 atom stereocenters. The molecule has 0 unspecified atom stereocenters. The van der Waals surface area contributed by atoms with E-state index in [0.29, 0.717) is 39.2 Å². The molecule has 7 nitrogen and oxygen atoms in total. The van der Waals surface area contributed by atoms with Crippen molar-refractivity contribution >= 4 is 11.8 Å². The highest BCUT2D eigenvalue weighted by molar-refractivity contribution is 5.86. The Morgan fingerprint density at radius 3 is 2.76 bits per heavy atom. The Hall–Kier alpha value is -2.12. The first kappa shape index (κ1) is 17.7. The largest absolute Gasteiger partial charge is 0.497 e. The molecule has 0 radical (unpaired) electrons. The molecule has 2 fully saturated rings. The first-order valence-corrected chi connectivity index (χ1v) is 8.66. The summed E-state index contributed by atoms with van der Waals surface area (Å²) in [4.78, 5) is 28.2. The van der Waals surface area contributed by atoms with Crippen LogP contribution in [0.25, 0.3) is 0 Å².